The number of carbonyl (C=O) groups is 1. The smallest absolute Gasteiger partial charge is 0.319 e. The molecule has 1 fully saturated rings. The van der Waals surface area contributed by atoms with Gasteiger partial charge in [-0.05, 0) is 39.4 Å². The quantitative estimate of drug-likeness (QED) is 0.662. The molecule has 1 aliphatic heterocycles. The SMILES string of the molecule is COC(=O)CN(C)C1CCCNCC1. The van der Waals surface area contributed by atoms with Crippen LogP contribution in [0.4, 0.5) is 0 Å². The van der Waals surface area contributed by atoms with Gasteiger partial charge in [0.25, 0.3) is 0 Å². The van der Waals surface area contributed by atoms with Crippen LogP contribution >= 0.6 is 0 Å². The Labute approximate surface area is 85.6 Å². The average Bonchev–Trinajstić information content (AvgIpc) is 2.45. The number of hydrogen-bond acceptors (Lipinski definition) is 4. The molecule has 1 saturated heterocycles. The van der Waals surface area contributed by atoms with Crippen molar-refractivity contribution in [2.75, 3.05) is 33.8 Å². The molecule has 0 radical (unpaired) electrons. The fourth-order valence-corrected chi connectivity index (χ4v) is 1.84. The molecule has 0 saturated carbocycles. The van der Waals surface area contributed by atoms with Gasteiger partial charge in [-0.3, -0.25) is 9.69 Å². The van der Waals surface area contributed by atoms with Crippen LogP contribution in [0, 0.1) is 0 Å². The van der Waals surface area contributed by atoms with E-state index in [1.165, 1.54) is 20.0 Å². The Morgan fingerprint density at radius 3 is 3.00 bits per heavy atom. The molecule has 0 bridgehead atoms. The first-order valence-corrected chi connectivity index (χ1v) is 5.22. The first-order valence-electron chi connectivity index (χ1n) is 5.22. The molecule has 1 aliphatic rings. The van der Waals surface area contributed by atoms with Gasteiger partial charge in [-0.1, -0.05) is 0 Å². The van der Waals surface area contributed by atoms with Crippen LogP contribution in [0.2, 0.25) is 0 Å². The summed E-state index contributed by atoms with van der Waals surface area (Å²) in [6.07, 6.45) is 3.48. The lowest BCUT2D eigenvalue weighted by Gasteiger charge is -2.25. The highest BCUT2D eigenvalue weighted by molar-refractivity contribution is 5.71. The van der Waals surface area contributed by atoms with Gasteiger partial charge in [0, 0.05) is 6.04 Å². The van der Waals surface area contributed by atoms with Gasteiger partial charge < -0.3 is 10.1 Å². The number of esters is 1. The molecule has 1 N–H and O–H groups in total. The van der Waals surface area contributed by atoms with E-state index in [4.69, 9.17) is 0 Å². The summed E-state index contributed by atoms with van der Waals surface area (Å²) in [6.45, 7) is 2.56. The predicted octanol–water partition coefficient (Wildman–Crippen LogP) is 0.233. The monoisotopic (exact) mass is 200 g/mol. The maximum atomic E-state index is 11.1. The van der Waals surface area contributed by atoms with E-state index in [1.54, 1.807) is 0 Å². The second kappa shape index (κ2) is 5.98. The lowest BCUT2D eigenvalue weighted by Crippen LogP contribution is -2.36. The zero-order valence-electron chi connectivity index (χ0n) is 9.08. The first kappa shape index (κ1) is 11.5. The highest BCUT2D eigenvalue weighted by Crippen LogP contribution is 2.11. The molecule has 0 aliphatic carbocycles. The van der Waals surface area contributed by atoms with E-state index in [1.807, 2.05) is 7.05 Å². The van der Waals surface area contributed by atoms with E-state index in [0.29, 0.717) is 12.6 Å². The van der Waals surface area contributed by atoms with Crippen LogP contribution in [0.25, 0.3) is 0 Å². The summed E-state index contributed by atoms with van der Waals surface area (Å²) in [7, 11) is 3.43. The molecule has 0 aromatic carbocycles. The van der Waals surface area contributed by atoms with E-state index in [9.17, 15) is 4.79 Å². The van der Waals surface area contributed by atoms with Crippen molar-refractivity contribution in [1.29, 1.82) is 0 Å². The number of rotatable bonds is 3. The minimum Gasteiger partial charge on any atom is -0.468 e. The van der Waals surface area contributed by atoms with Crippen LogP contribution in [-0.2, 0) is 9.53 Å². The molecule has 0 aromatic rings. The predicted molar refractivity (Wildman–Crippen MR) is 55.2 cm³/mol. The largest absolute Gasteiger partial charge is 0.468 e. The summed E-state index contributed by atoms with van der Waals surface area (Å²) >= 11 is 0. The van der Waals surface area contributed by atoms with Crippen molar-refractivity contribution in [3.8, 4) is 0 Å². The molecule has 82 valence electrons. The van der Waals surface area contributed by atoms with Crippen LogP contribution in [-0.4, -0.2) is 50.7 Å². The minimum absolute atomic E-state index is 0.148. The molecule has 1 atom stereocenters. The molecule has 4 nitrogen and oxygen atoms in total. The zero-order chi connectivity index (χ0) is 10.4. The number of methoxy groups -OCH3 is 1. The lowest BCUT2D eigenvalue weighted by atomic mass is 10.1. The molecule has 4 heteroatoms. The van der Waals surface area contributed by atoms with Gasteiger partial charge in [0.15, 0.2) is 0 Å². The Morgan fingerprint density at radius 2 is 2.29 bits per heavy atom. The highest BCUT2D eigenvalue weighted by Gasteiger charge is 2.18. The molecule has 1 heterocycles. The number of ether oxygens (including phenoxy) is 1. The number of carbonyl (C=O) groups excluding carboxylic acids is 1. The van der Waals surface area contributed by atoms with Crippen LogP contribution < -0.4 is 5.32 Å². The van der Waals surface area contributed by atoms with Gasteiger partial charge in [-0.15, -0.1) is 0 Å². The molecule has 0 aromatic heterocycles. The Morgan fingerprint density at radius 1 is 1.50 bits per heavy atom. The summed E-state index contributed by atoms with van der Waals surface area (Å²) in [5.74, 6) is -0.148. The summed E-state index contributed by atoms with van der Waals surface area (Å²) in [5, 5.41) is 3.36. The third-order valence-electron chi connectivity index (χ3n) is 2.77. The van der Waals surface area contributed by atoms with Crippen molar-refractivity contribution in [3.63, 3.8) is 0 Å². The fourth-order valence-electron chi connectivity index (χ4n) is 1.84. The maximum Gasteiger partial charge on any atom is 0.319 e. The van der Waals surface area contributed by atoms with Crippen LogP contribution in [0.5, 0.6) is 0 Å². The Bertz CT molecular complexity index is 177. The van der Waals surface area contributed by atoms with Crippen molar-refractivity contribution in [1.82, 2.24) is 10.2 Å². The summed E-state index contributed by atoms with van der Waals surface area (Å²) in [4.78, 5) is 13.2. The van der Waals surface area contributed by atoms with Crippen LogP contribution in [0.1, 0.15) is 19.3 Å². The van der Waals surface area contributed by atoms with E-state index in [0.717, 1.165) is 19.5 Å². The molecule has 14 heavy (non-hydrogen) atoms. The van der Waals surface area contributed by atoms with Crippen molar-refractivity contribution in [3.05, 3.63) is 0 Å². The van der Waals surface area contributed by atoms with Crippen molar-refractivity contribution in [2.45, 2.75) is 25.3 Å². The molecular weight excluding hydrogens is 180 g/mol. The highest BCUT2D eigenvalue weighted by atomic mass is 16.5. The third-order valence-corrected chi connectivity index (χ3v) is 2.77. The van der Waals surface area contributed by atoms with Gasteiger partial charge in [0.05, 0.1) is 13.7 Å². The Kier molecular flexibility index (Phi) is 4.90. The van der Waals surface area contributed by atoms with E-state index >= 15 is 0 Å². The van der Waals surface area contributed by atoms with Gasteiger partial charge in [0.1, 0.15) is 0 Å². The average molecular weight is 200 g/mol. The minimum atomic E-state index is -0.148. The standard InChI is InChI=1S/C10H20N2O2/c1-12(8-10(13)14-2)9-4-3-6-11-7-5-9/h9,11H,3-8H2,1-2H3. The van der Waals surface area contributed by atoms with E-state index in [-0.39, 0.29) is 5.97 Å². The number of nitrogens with zero attached hydrogens (tertiary/aromatic N) is 1. The van der Waals surface area contributed by atoms with Crippen molar-refractivity contribution in [2.24, 2.45) is 0 Å². The number of likely N-dealkylation sites (N-methyl/N-ethyl adjacent to an activating group) is 1. The molecule has 1 rings (SSSR count). The zero-order valence-corrected chi connectivity index (χ0v) is 9.08. The Hall–Kier alpha value is -0.610. The third kappa shape index (κ3) is 3.64. The summed E-state index contributed by atoms with van der Waals surface area (Å²) in [6, 6.07) is 0.518. The van der Waals surface area contributed by atoms with Gasteiger partial charge in [-0.2, -0.15) is 0 Å². The topological polar surface area (TPSA) is 41.6 Å². The van der Waals surface area contributed by atoms with Gasteiger partial charge >= 0.3 is 5.97 Å². The lowest BCUT2D eigenvalue weighted by molar-refractivity contribution is -0.142. The molecular formula is C10H20N2O2. The number of nitrogens with one attached hydrogen (secondary N) is 1. The second-order valence-corrected chi connectivity index (χ2v) is 3.83. The van der Waals surface area contributed by atoms with E-state index < -0.39 is 0 Å². The second-order valence-electron chi connectivity index (χ2n) is 3.83. The molecule has 0 spiro atoms. The molecule has 1 unspecified atom stereocenters. The van der Waals surface area contributed by atoms with Crippen LogP contribution in [0.15, 0.2) is 0 Å². The van der Waals surface area contributed by atoms with Crippen LogP contribution in [0.3, 0.4) is 0 Å². The number of hydrogen-bond donors (Lipinski definition) is 1. The van der Waals surface area contributed by atoms with Crippen molar-refractivity contribution < 1.29 is 9.53 Å². The summed E-state index contributed by atoms with van der Waals surface area (Å²) < 4.78 is 4.65. The maximum absolute atomic E-state index is 11.1. The van der Waals surface area contributed by atoms with Gasteiger partial charge in [-0.25, -0.2) is 0 Å². The first-order chi connectivity index (χ1) is 6.74. The normalized spacial score (nSPS) is 23.2. The van der Waals surface area contributed by atoms with E-state index in [2.05, 4.69) is 15.0 Å². The Balaban J connectivity index is 2.33. The molecule has 0 amide bonds. The summed E-state index contributed by atoms with van der Waals surface area (Å²) in [5.41, 5.74) is 0. The van der Waals surface area contributed by atoms with Crippen molar-refractivity contribution >= 4 is 5.97 Å². The fraction of sp³-hybridized carbons (Fsp3) is 0.900. The van der Waals surface area contributed by atoms with Gasteiger partial charge in [0.2, 0.25) is 0 Å².